The molecule has 1 saturated heterocycles. The molecule has 4 heterocycles. The summed E-state index contributed by atoms with van der Waals surface area (Å²) in [5.41, 5.74) is 2.68. The van der Waals surface area contributed by atoms with Gasteiger partial charge in [-0.3, -0.25) is 0 Å². The van der Waals surface area contributed by atoms with Crippen molar-refractivity contribution in [1.29, 1.82) is 0 Å². The Morgan fingerprint density at radius 3 is 2.54 bits per heavy atom. The van der Waals surface area contributed by atoms with E-state index in [1.807, 2.05) is 31.4 Å². The van der Waals surface area contributed by atoms with Gasteiger partial charge >= 0.3 is 0 Å². The number of ether oxygens (including phenoxy) is 1. The van der Waals surface area contributed by atoms with Crippen LogP contribution in [0.1, 0.15) is 25.6 Å². The van der Waals surface area contributed by atoms with E-state index in [2.05, 4.69) is 30.5 Å². The number of benzene rings is 1. The third-order valence-electron chi connectivity index (χ3n) is 6.07. The molecule has 1 aliphatic heterocycles. The van der Waals surface area contributed by atoms with E-state index in [0.29, 0.717) is 11.2 Å². The molecule has 0 unspecified atom stereocenters. The minimum absolute atomic E-state index is 0.110. The summed E-state index contributed by atoms with van der Waals surface area (Å²) >= 11 is 0. The maximum absolute atomic E-state index is 15.2. The van der Waals surface area contributed by atoms with E-state index in [9.17, 15) is 0 Å². The second-order valence-corrected chi connectivity index (χ2v) is 8.77. The van der Waals surface area contributed by atoms with Gasteiger partial charge in [0.05, 0.1) is 17.4 Å². The van der Waals surface area contributed by atoms with Gasteiger partial charge in [-0.05, 0) is 51.1 Å². The fraction of sp³-hybridized carbons (Fsp3) is 0.320. The van der Waals surface area contributed by atoms with E-state index in [1.165, 1.54) is 6.07 Å². The molecule has 0 aliphatic carbocycles. The summed E-state index contributed by atoms with van der Waals surface area (Å²) in [5, 5.41) is 6.57. The Hall–Kier alpha value is -3.79. The van der Waals surface area contributed by atoms with Crippen molar-refractivity contribution in [2.75, 3.05) is 36.4 Å². The van der Waals surface area contributed by atoms with Crippen LogP contribution in [0.2, 0.25) is 0 Å². The van der Waals surface area contributed by atoms with Crippen LogP contribution in [0.15, 0.2) is 42.9 Å². The third-order valence-corrected chi connectivity index (χ3v) is 6.07. The number of piperazine rings is 1. The minimum atomic E-state index is -0.837. The summed E-state index contributed by atoms with van der Waals surface area (Å²) < 4.78 is 38.0. The molecule has 35 heavy (non-hydrogen) atoms. The molecule has 5 rings (SSSR count). The highest BCUT2D eigenvalue weighted by Gasteiger charge is 2.20. The third kappa shape index (κ3) is 4.49. The number of rotatable bonds is 6. The fourth-order valence-corrected chi connectivity index (χ4v) is 4.45. The quantitative estimate of drug-likeness (QED) is 0.406. The molecule has 1 aliphatic rings. The van der Waals surface area contributed by atoms with Crippen LogP contribution < -0.4 is 20.3 Å². The number of halogens is 2. The van der Waals surface area contributed by atoms with Crippen molar-refractivity contribution in [2.24, 2.45) is 0 Å². The molecular formula is C25H27F2N7O. The van der Waals surface area contributed by atoms with Gasteiger partial charge in [0, 0.05) is 43.3 Å². The topological polar surface area (TPSA) is 80.1 Å². The number of nitrogens with zero attached hydrogens (tertiary/aromatic N) is 5. The summed E-state index contributed by atoms with van der Waals surface area (Å²) in [7, 11) is 0. The molecule has 182 valence electrons. The minimum Gasteiger partial charge on any atom is -0.433 e. The van der Waals surface area contributed by atoms with Gasteiger partial charge in [-0.25, -0.2) is 14.4 Å². The fourth-order valence-electron chi connectivity index (χ4n) is 4.45. The molecule has 4 aromatic rings. The van der Waals surface area contributed by atoms with Crippen LogP contribution in [0.3, 0.4) is 0 Å². The second-order valence-electron chi connectivity index (χ2n) is 8.77. The predicted molar refractivity (Wildman–Crippen MR) is 132 cm³/mol. The lowest BCUT2D eigenvalue weighted by Crippen LogP contribution is -2.43. The first-order chi connectivity index (χ1) is 16.9. The van der Waals surface area contributed by atoms with Crippen LogP contribution in [-0.4, -0.2) is 45.7 Å². The molecular weight excluding hydrogens is 452 g/mol. The zero-order valence-corrected chi connectivity index (χ0v) is 19.8. The Kier molecular flexibility index (Phi) is 6.21. The van der Waals surface area contributed by atoms with Crippen molar-refractivity contribution in [3.8, 4) is 11.6 Å². The molecule has 2 N–H and O–H groups in total. The zero-order valence-electron chi connectivity index (χ0n) is 19.8. The monoisotopic (exact) mass is 479 g/mol. The Balaban J connectivity index is 1.37. The van der Waals surface area contributed by atoms with E-state index in [1.54, 1.807) is 24.4 Å². The van der Waals surface area contributed by atoms with Crippen molar-refractivity contribution in [2.45, 2.75) is 26.8 Å². The highest BCUT2D eigenvalue weighted by Crippen LogP contribution is 2.34. The maximum Gasteiger partial charge on any atom is 0.261 e. The van der Waals surface area contributed by atoms with E-state index in [-0.39, 0.29) is 23.5 Å². The number of pyridine rings is 1. The van der Waals surface area contributed by atoms with Gasteiger partial charge < -0.3 is 24.8 Å². The largest absolute Gasteiger partial charge is 0.433 e. The van der Waals surface area contributed by atoms with Gasteiger partial charge in [0.1, 0.15) is 12.1 Å². The molecule has 0 atom stereocenters. The normalized spacial score (nSPS) is 14.1. The van der Waals surface area contributed by atoms with Crippen molar-refractivity contribution < 1.29 is 13.5 Å². The number of aryl methyl sites for hydroxylation is 1. The van der Waals surface area contributed by atoms with Gasteiger partial charge in [-0.2, -0.15) is 9.37 Å². The Labute approximate surface area is 202 Å². The summed E-state index contributed by atoms with van der Waals surface area (Å²) in [6, 6.07) is 8.87. The molecule has 0 radical (unpaired) electrons. The number of aromatic nitrogens is 4. The zero-order chi connectivity index (χ0) is 24.5. The van der Waals surface area contributed by atoms with Crippen LogP contribution in [-0.2, 0) is 0 Å². The SMILES string of the molecule is Cc1cc2c(F)c(Oc3ncnc(Nc4ccc(N5CCNCC5)cn4)c3F)ccc2n1C(C)C. The lowest BCUT2D eigenvalue weighted by atomic mass is 10.2. The summed E-state index contributed by atoms with van der Waals surface area (Å²) in [5.74, 6) is -1.58. The predicted octanol–water partition coefficient (Wildman–Crippen LogP) is 4.94. The highest BCUT2D eigenvalue weighted by atomic mass is 19.1. The van der Waals surface area contributed by atoms with Crippen LogP contribution in [0.5, 0.6) is 11.6 Å². The van der Waals surface area contributed by atoms with E-state index in [4.69, 9.17) is 4.74 Å². The van der Waals surface area contributed by atoms with Crippen molar-refractivity contribution in [1.82, 2.24) is 24.8 Å². The highest BCUT2D eigenvalue weighted by molar-refractivity contribution is 5.84. The number of anilines is 3. The summed E-state index contributed by atoms with van der Waals surface area (Å²) in [6.45, 7) is 9.64. The van der Waals surface area contributed by atoms with E-state index in [0.717, 1.165) is 49.4 Å². The Morgan fingerprint density at radius 1 is 1.03 bits per heavy atom. The van der Waals surface area contributed by atoms with Crippen molar-refractivity contribution >= 4 is 28.2 Å². The van der Waals surface area contributed by atoms with Gasteiger partial charge in [-0.15, -0.1) is 0 Å². The molecule has 1 aromatic carbocycles. The van der Waals surface area contributed by atoms with Crippen molar-refractivity contribution in [3.05, 3.63) is 60.2 Å². The van der Waals surface area contributed by atoms with Crippen molar-refractivity contribution in [3.63, 3.8) is 0 Å². The van der Waals surface area contributed by atoms with Gasteiger partial charge in [0.2, 0.25) is 5.82 Å². The second kappa shape index (κ2) is 9.46. The number of hydrogen-bond donors (Lipinski definition) is 2. The number of nitrogens with one attached hydrogen (secondary N) is 2. The summed E-state index contributed by atoms with van der Waals surface area (Å²) in [6.07, 6.45) is 2.89. The Morgan fingerprint density at radius 2 is 1.83 bits per heavy atom. The molecule has 0 spiro atoms. The van der Waals surface area contributed by atoms with Crippen LogP contribution in [0, 0.1) is 18.6 Å². The smallest absolute Gasteiger partial charge is 0.261 e. The van der Waals surface area contributed by atoms with Crippen LogP contribution in [0.4, 0.5) is 26.1 Å². The maximum atomic E-state index is 15.2. The average molecular weight is 480 g/mol. The standard InChI is InChI=1S/C25H27F2N7O/c1-15(2)34-16(3)12-18-19(34)5-6-20(22(18)26)35-25-23(27)24(30-14-31-25)32-21-7-4-17(13-29-21)33-10-8-28-9-11-33/h4-7,12-15,28H,8-11H2,1-3H3,(H,29,30,31,32). The van der Waals surface area contributed by atoms with Crippen LogP contribution >= 0.6 is 0 Å². The summed E-state index contributed by atoms with van der Waals surface area (Å²) in [4.78, 5) is 14.4. The molecule has 3 aromatic heterocycles. The molecule has 10 heteroatoms. The van der Waals surface area contributed by atoms with Gasteiger partial charge in [0.15, 0.2) is 17.4 Å². The molecule has 0 bridgehead atoms. The van der Waals surface area contributed by atoms with Crippen LogP contribution in [0.25, 0.3) is 10.9 Å². The molecule has 1 fully saturated rings. The lowest BCUT2D eigenvalue weighted by molar-refractivity contribution is 0.399. The first kappa shape index (κ1) is 23.0. The average Bonchev–Trinajstić information content (AvgIpc) is 3.21. The van der Waals surface area contributed by atoms with Gasteiger partial charge in [-0.1, -0.05) is 0 Å². The molecule has 0 saturated carbocycles. The molecule has 0 amide bonds. The van der Waals surface area contributed by atoms with Gasteiger partial charge in [0.25, 0.3) is 5.88 Å². The Bertz CT molecular complexity index is 1350. The number of fused-ring (bicyclic) bond motifs is 1. The molecule has 8 nitrogen and oxygen atoms in total. The van der Waals surface area contributed by atoms with E-state index >= 15 is 8.78 Å². The van der Waals surface area contributed by atoms with E-state index < -0.39 is 11.6 Å². The number of hydrogen-bond acceptors (Lipinski definition) is 7. The first-order valence-electron chi connectivity index (χ1n) is 11.6. The lowest BCUT2D eigenvalue weighted by Gasteiger charge is -2.29. The first-order valence-corrected chi connectivity index (χ1v) is 11.6.